The van der Waals surface area contributed by atoms with Gasteiger partial charge in [-0.2, -0.15) is 0 Å². The molecule has 0 bridgehead atoms. The molecule has 5 nitrogen and oxygen atoms in total. The van der Waals surface area contributed by atoms with Gasteiger partial charge in [0.25, 0.3) is 0 Å². The lowest BCUT2D eigenvalue weighted by molar-refractivity contribution is -0.135. The molecule has 0 aromatic heterocycles. The van der Waals surface area contributed by atoms with E-state index in [1.807, 2.05) is 17.0 Å². The Labute approximate surface area is 124 Å². The lowest BCUT2D eigenvalue weighted by Gasteiger charge is -2.34. The number of nitrogens with one attached hydrogen (secondary N) is 1. The van der Waals surface area contributed by atoms with Crippen molar-refractivity contribution in [2.24, 2.45) is 11.7 Å². The SMILES string of the molecule is C[C@H]1CNCCN1C(=O)[C@@H]1C[C@H]1c1ccc(C(N)=O)cc1. The molecule has 1 aromatic rings. The fourth-order valence-corrected chi connectivity index (χ4v) is 3.11. The highest BCUT2D eigenvalue weighted by atomic mass is 16.2. The second-order valence-corrected chi connectivity index (χ2v) is 6.02. The molecule has 0 unspecified atom stereocenters. The number of hydrogen-bond donors (Lipinski definition) is 2. The van der Waals surface area contributed by atoms with Crippen LogP contribution in [0.3, 0.4) is 0 Å². The van der Waals surface area contributed by atoms with Crippen molar-refractivity contribution in [3.05, 3.63) is 35.4 Å². The molecule has 0 spiro atoms. The van der Waals surface area contributed by atoms with Crippen molar-refractivity contribution >= 4 is 11.8 Å². The third kappa shape index (κ3) is 2.78. The van der Waals surface area contributed by atoms with Gasteiger partial charge >= 0.3 is 0 Å². The van der Waals surface area contributed by atoms with Crippen LogP contribution in [-0.2, 0) is 4.79 Å². The molecule has 3 atom stereocenters. The van der Waals surface area contributed by atoms with Gasteiger partial charge in [0.15, 0.2) is 0 Å². The van der Waals surface area contributed by atoms with E-state index in [1.54, 1.807) is 12.1 Å². The molecule has 1 aliphatic carbocycles. The van der Waals surface area contributed by atoms with Gasteiger partial charge in [-0.1, -0.05) is 12.1 Å². The molecule has 0 radical (unpaired) electrons. The summed E-state index contributed by atoms with van der Waals surface area (Å²) in [6.07, 6.45) is 0.908. The highest BCUT2D eigenvalue weighted by Gasteiger charge is 2.46. The summed E-state index contributed by atoms with van der Waals surface area (Å²) in [5.41, 5.74) is 6.88. The van der Waals surface area contributed by atoms with Crippen molar-refractivity contribution in [1.82, 2.24) is 10.2 Å². The van der Waals surface area contributed by atoms with E-state index in [-0.39, 0.29) is 17.9 Å². The number of rotatable bonds is 3. The van der Waals surface area contributed by atoms with E-state index in [0.29, 0.717) is 11.5 Å². The van der Waals surface area contributed by atoms with Crippen LogP contribution in [-0.4, -0.2) is 42.4 Å². The number of carbonyl (C=O) groups excluding carboxylic acids is 2. The first-order valence-corrected chi connectivity index (χ1v) is 7.49. The highest BCUT2D eigenvalue weighted by Crippen LogP contribution is 2.48. The van der Waals surface area contributed by atoms with Crippen molar-refractivity contribution in [3.8, 4) is 0 Å². The van der Waals surface area contributed by atoms with Gasteiger partial charge in [0.05, 0.1) is 0 Å². The van der Waals surface area contributed by atoms with Gasteiger partial charge in [0.1, 0.15) is 0 Å². The molecular formula is C16H21N3O2. The molecule has 1 saturated carbocycles. The summed E-state index contributed by atoms with van der Waals surface area (Å²) in [5.74, 6) is 0.249. The van der Waals surface area contributed by atoms with Gasteiger partial charge in [-0.25, -0.2) is 0 Å². The van der Waals surface area contributed by atoms with E-state index in [4.69, 9.17) is 5.73 Å². The third-order valence-electron chi connectivity index (χ3n) is 4.52. The van der Waals surface area contributed by atoms with Crippen LogP contribution in [0.4, 0.5) is 0 Å². The van der Waals surface area contributed by atoms with Crippen LogP contribution in [0.2, 0.25) is 0 Å². The number of carbonyl (C=O) groups is 2. The van der Waals surface area contributed by atoms with Crippen LogP contribution < -0.4 is 11.1 Å². The molecular weight excluding hydrogens is 266 g/mol. The third-order valence-corrected chi connectivity index (χ3v) is 4.52. The Morgan fingerprint density at radius 2 is 2.00 bits per heavy atom. The van der Waals surface area contributed by atoms with Gasteiger partial charge in [0, 0.05) is 37.2 Å². The van der Waals surface area contributed by atoms with E-state index >= 15 is 0 Å². The van der Waals surface area contributed by atoms with Crippen LogP contribution in [0, 0.1) is 5.92 Å². The molecule has 5 heteroatoms. The Morgan fingerprint density at radius 3 is 2.62 bits per heavy atom. The number of benzene rings is 1. The standard InChI is InChI=1S/C16H21N3O2/c1-10-9-18-6-7-19(10)16(21)14-8-13(14)11-2-4-12(5-3-11)15(17)20/h2-5,10,13-14,18H,6-9H2,1H3,(H2,17,20)/t10-,13-,14+/m0/s1. The topological polar surface area (TPSA) is 75.4 Å². The maximum absolute atomic E-state index is 12.6. The van der Waals surface area contributed by atoms with Gasteiger partial charge in [-0.05, 0) is 37.0 Å². The molecule has 1 aliphatic heterocycles. The maximum atomic E-state index is 12.6. The molecule has 21 heavy (non-hydrogen) atoms. The fourth-order valence-electron chi connectivity index (χ4n) is 3.11. The van der Waals surface area contributed by atoms with Gasteiger partial charge < -0.3 is 16.0 Å². The number of primary amides is 1. The average molecular weight is 287 g/mol. The normalized spacial score (nSPS) is 28.2. The smallest absolute Gasteiger partial charge is 0.248 e. The molecule has 2 amide bonds. The first-order chi connectivity index (χ1) is 10.1. The molecule has 112 valence electrons. The van der Waals surface area contributed by atoms with Crippen LogP contribution in [0.15, 0.2) is 24.3 Å². The van der Waals surface area contributed by atoms with E-state index in [9.17, 15) is 9.59 Å². The van der Waals surface area contributed by atoms with Crippen molar-refractivity contribution in [1.29, 1.82) is 0 Å². The Kier molecular flexibility index (Phi) is 3.68. The highest BCUT2D eigenvalue weighted by molar-refractivity contribution is 5.92. The second kappa shape index (κ2) is 5.48. The average Bonchev–Trinajstić information content (AvgIpc) is 3.27. The number of amides is 2. The Bertz CT molecular complexity index is 555. The van der Waals surface area contributed by atoms with E-state index in [2.05, 4.69) is 12.2 Å². The minimum Gasteiger partial charge on any atom is -0.366 e. The van der Waals surface area contributed by atoms with Crippen LogP contribution in [0.5, 0.6) is 0 Å². The molecule has 3 rings (SSSR count). The van der Waals surface area contributed by atoms with Gasteiger partial charge in [-0.3, -0.25) is 9.59 Å². The first kappa shape index (κ1) is 14.1. The zero-order chi connectivity index (χ0) is 15.0. The number of nitrogens with two attached hydrogens (primary N) is 1. The fraction of sp³-hybridized carbons (Fsp3) is 0.500. The van der Waals surface area contributed by atoms with Crippen molar-refractivity contribution in [3.63, 3.8) is 0 Å². The molecule has 2 aliphatic rings. The Morgan fingerprint density at radius 1 is 1.29 bits per heavy atom. The second-order valence-electron chi connectivity index (χ2n) is 6.02. The minimum atomic E-state index is -0.417. The van der Waals surface area contributed by atoms with E-state index in [0.717, 1.165) is 31.6 Å². The number of hydrogen-bond acceptors (Lipinski definition) is 3. The molecule has 1 heterocycles. The molecule has 3 N–H and O–H groups in total. The predicted molar refractivity (Wildman–Crippen MR) is 79.9 cm³/mol. The van der Waals surface area contributed by atoms with Crippen molar-refractivity contribution < 1.29 is 9.59 Å². The van der Waals surface area contributed by atoms with Crippen LogP contribution >= 0.6 is 0 Å². The van der Waals surface area contributed by atoms with Crippen molar-refractivity contribution in [2.45, 2.75) is 25.3 Å². The lowest BCUT2D eigenvalue weighted by Crippen LogP contribution is -2.52. The monoisotopic (exact) mass is 287 g/mol. The summed E-state index contributed by atoms with van der Waals surface area (Å²) >= 11 is 0. The molecule has 1 aromatic carbocycles. The van der Waals surface area contributed by atoms with E-state index < -0.39 is 5.91 Å². The Balaban J connectivity index is 1.65. The summed E-state index contributed by atoms with van der Waals surface area (Å²) in [4.78, 5) is 25.6. The van der Waals surface area contributed by atoms with Gasteiger partial charge in [0.2, 0.25) is 11.8 Å². The van der Waals surface area contributed by atoms with Gasteiger partial charge in [-0.15, -0.1) is 0 Å². The first-order valence-electron chi connectivity index (χ1n) is 7.49. The molecule has 2 fully saturated rings. The zero-order valence-corrected chi connectivity index (χ0v) is 12.2. The largest absolute Gasteiger partial charge is 0.366 e. The zero-order valence-electron chi connectivity index (χ0n) is 12.2. The summed E-state index contributed by atoms with van der Waals surface area (Å²) < 4.78 is 0. The summed E-state index contributed by atoms with van der Waals surface area (Å²) in [6, 6.07) is 7.58. The number of piperazine rings is 1. The Hall–Kier alpha value is -1.88. The predicted octanol–water partition coefficient (Wildman–Crippen LogP) is 0.709. The maximum Gasteiger partial charge on any atom is 0.248 e. The number of nitrogens with zero attached hydrogens (tertiary/aromatic N) is 1. The summed E-state index contributed by atoms with van der Waals surface area (Å²) in [5, 5.41) is 3.30. The summed E-state index contributed by atoms with van der Waals surface area (Å²) in [6.45, 7) is 4.63. The molecule has 1 saturated heterocycles. The summed E-state index contributed by atoms with van der Waals surface area (Å²) in [7, 11) is 0. The quantitative estimate of drug-likeness (QED) is 0.859. The van der Waals surface area contributed by atoms with E-state index in [1.165, 1.54) is 0 Å². The van der Waals surface area contributed by atoms with Crippen LogP contribution in [0.1, 0.15) is 35.2 Å². The lowest BCUT2D eigenvalue weighted by atomic mass is 10.1. The van der Waals surface area contributed by atoms with Crippen molar-refractivity contribution in [2.75, 3.05) is 19.6 Å². The van der Waals surface area contributed by atoms with Crippen LogP contribution in [0.25, 0.3) is 0 Å². The minimum absolute atomic E-state index is 0.102.